The Morgan fingerprint density at radius 3 is 2.47 bits per heavy atom. The molecule has 4 rings (SSSR count). The number of aromatic hydroxyl groups is 1. The lowest BCUT2D eigenvalue weighted by Gasteiger charge is -2.50. The molecule has 0 aromatic heterocycles. The molecular weight excluding hydrogens is 494 g/mol. The average molecular weight is 528 g/mol. The van der Waals surface area contributed by atoms with Gasteiger partial charge in [-0.1, -0.05) is 19.0 Å². The Morgan fingerprint density at radius 2 is 1.89 bits per heavy atom. The number of phenolic OH excluding ortho intramolecular Hbond substituents is 1. The van der Waals surface area contributed by atoms with Gasteiger partial charge in [0, 0.05) is 17.1 Å². The van der Waals surface area contributed by atoms with Crippen LogP contribution in [0.15, 0.2) is 34.2 Å². The number of aliphatic hydroxyl groups excluding tert-OH is 2. The van der Waals surface area contributed by atoms with Crippen LogP contribution in [0, 0.1) is 17.8 Å². The minimum atomic E-state index is -2.67. The molecule has 0 saturated heterocycles. The van der Waals surface area contributed by atoms with Crippen molar-refractivity contribution in [1.82, 2.24) is 4.90 Å². The van der Waals surface area contributed by atoms with E-state index in [1.165, 1.54) is 11.0 Å². The molecule has 6 N–H and O–H groups in total. The number of hydrogen-bond donors (Lipinski definition) is 5. The van der Waals surface area contributed by atoms with Gasteiger partial charge in [0.1, 0.15) is 29.4 Å². The van der Waals surface area contributed by atoms with Gasteiger partial charge in [-0.2, -0.15) is 0 Å². The van der Waals surface area contributed by atoms with Crippen LogP contribution in [-0.4, -0.2) is 80.9 Å². The van der Waals surface area contributed by atoms with Crippen LogP contribution < -0.4 is 5.73 Å². The van der Waals surface area contributed by atoms with Crippen molar-refractivity contribution in [3.8, 4) is 5.75 Å². The minimum absolute atomic E-state index is 0.0113. The summed E-state index contributed by atoms with van der Waals surface area (Å²) < 4.78 is 0. The Bertz CT molecular complexity index is 1330. The molecule has 3 aliphatic rings. The van der Waals surface area contributed by atoms with E-state index in [2.05, 4.69) is 5.16 Å². The first-order valence-corrected chi connectivity index (χ1v) is 12.4. The number of phenols is 1. The van der Waals surface area contributed by atoms with Crippen LogP contribution in [0.4, 0.5) is 0 Å². The zero-order chi connectivity index (χ0) is 28.3. The zero-order valence-electron chi connectivity index (χ0n) is 22.0. The summed E-state index contributed by atoms with van der Waals surface area (Å²) in [6.45, 7) is 6.09. The summed E-state index contributed by atoms with van der Waals surface area (Å²) in [6, 6.07) is 1.87. The number of aliphatic hydroxyl groups is 3. The lowest BCUT2D eigenvalue weighted by atomic mass is 9.57. The summed E-state index contributed by atoms with van der Waals surface area (Å²) in [5.41, 5.74) is 3.28. The van der Waals surface area contributed by atoms with Crippen molar-refractivity contribution in [2.24, 2.45) is 28.6 Å². The minimum Gasteiger partial charge on any atom is -0.508 e. The molecule has 204 valence electrons. The van der Waals surface area contributed by atoms with E-state index in [0.29, 0.717) is 23.4 Å². The smallest absolute Gasteiger partial charge is 0.255 e. The SMILES string of the molecule is C/C(=N/OCC(C)C)c1ccc(O)c2c1C[C@@H]1C[C@H]3[C@H](N(C)C)C(=O)C(C(N)=O)=C(O)[C@@]3(O)C(=O)C1=C2O. The summed E-state index contributed by atoms with van der Waals surface area (Å²) >= 11 is 0. The second kappa shape index (κ2) is 9.55. The molecule has 1 fully saturated rings. The number of rotatable bonds is 6. The molecule has 1 aromatic rings. The van der Waals surface area contributed by atoms with E-state index in [1.54, 1.807) is 27.1 Å². The normalized spacial score (nSPS) is 27.5. The Hall–Kier alpha value is -3.70. The number of primary amides is 1. The van der Waals surface area contributed by atoms with Crippen LogP contribution in [0.25, 0.3) is 5.76 Å². The third kappa shape index (κ3) is 3.97. The second-order valence-corrected chi connectivity index (χ2v) is 10.8. The van der Waals surface area contributed by atoms with Crippen LogP contribution in [0.2, 0.25) is 0 Å². The first-order valence-electron chi connectivity index (χ1n) is 12.4. The maximum absolute atomic E-state index is 13.9. The fourth-order valence-corrected chi connectivity index (χ4v) is 5.92. The highest BCUT2D eigenvalue weighted by Crippen LogP contribution is 2.52. The molecule has 1 saturated carbocycles. The molecule has 0 radical (unpaired) electrons. The van der Waals surface area contributed by atoms with E-state index in [1.807, 2.05) is 13.8 Å². The Morgan fingerprint density at radius 1 is 1.24 bits per heavy atom. The average Bonchev–Trinajstić information content (AvgIpc) is 2.80. The Balaban J connectivity index is 1.90. The predicted molar refractivity (Wildman–Crippen MR) is 137 cm³/mol. The molecule has 0 spiro atoms. The number of ketones is 2. The van der Waals surface area contributed by atoms with E-state index in [-0.39, 0.29) is 35.6 Å². The van der Waals surface area contributed by atoms with Crippen LogP contribution in [-0.2, 0) is 25.6 Å². The standard InChI is InChI=1S/C27H33N3O8/c1-11(2)10-38-29-12(3)14-6-7-17(31)19-15(14)8-13-9-16-21(30(4)5)23(33)20(26(28)36)25(35)27(16,37)24(34)18(13)22(19)32/h6-7,11,13,16,21,31-32,35,37H,8-10H2,1-5H3,(H2,28,36)/b29-12-/t13-,16+,21+,27+/m1/s1. The van der Waals surface area contributed by atoms with Crippen molar-refractivity contribution in [2.75, 3.05) is 20.7 Å². The molecule has 1 amide bonds. The van der Waals surface area contributed by atoms with Crippen LogP contribution in [0.3, 0.4) is 0 Å². The first-order chi connectivity index (χ1) is 17.7. The molecule has 38 heavy (non-hydrogen) atoms. The summed E-state index contributed by atoms with van der Waals surface area (Å²) in [6.07, 6.45) is 0.191. The topological polar surface area (TPSA) is 183 Å². The van der Waals surface area contributed by atoms with Crippen molar-refractivity contribution in [3.63, 3.8) is 0 Å². The maximum atomic E-state index is 13.9. The Labute approximate surface area is 219 Å². The van der Waals surface area contributed by atoms with E-state index >= 15 is 0 Å². The summed E-state index contributed by atoms with van der Waals surface area (Å²) in [4.78, 5) is 46.0. The van der Waals surface area contributed by atoms with Gasteiger partial charge in [0.15, 0.2) is 11.4 Å². The highest BCUT2D eigenvalue weighted by molar-refractivity contribution is 6.24. The van der Waals surface area contributed by atoms with Crippen molar-refractivity contribution < 1.29 is 39.6 Å². The maximum Gasteiger partial charge on any atom is 0.255 e. The van der Waals surface area contributed by atoms with Gasteiger partial charge in [0.2, 0.25) is 5.78 Å². The first kappa shape index (κ1) is 27.3. The van der Waals surface area contributed by atoms with Crippen molar-refractivity contribution in [2.45, 2.75) is 45.3 Å². The zero-order valence-corrected chi connectivity index (χ0v) is 22.0. The molecule has 3 aliphatic carbocycles. The van der Waals surface area contributed by atoms with Crippen LogP contribution in [0.1, 0.15) is 43.9 Å². The quantitative estimate of drug-likeness (QED) is 0.207. The number of oxime groups is 1. The monoisotopic (exact) mass is 527 g/mol. The lowest BCUT2D eigenvalue weighted by molar-refractivity contribution is -0.153. The summed E-state index contributed by atoms with van der Waals surface area (Å²) in [5.74, 6) is -6.60. The summed E-state index contributed by atoms with van der Waals surface area (Å²) in [5, 5.41) is 48.7. The van der Waals surface area contributed by atoms with E-state index < -0.39 is 58.0 Å². The number of likely N-dealkylation sites (N-methyl/N-ethyl adjacent to an activating group) is 1. The van der Waals surface area contributed by atoms with Crippen LogP contribution >= 0.6 is 0 Å². The molecule has 0 heterocycles. The van der Waals surface area contributed by atoms with E-state index in [4.69, 9.17) is 10.6 Å². The van der Waals surface area contributed by atoms with Gasteiger partial charge in [-0.15, -0.1) is 0 Å². The third-order valence-electron chi connectivity index (χ3n) is 7.60. The van der Waals surface area contributed by atoms with Gasteiger partial charge in [-0.05, 0) is 63.4 Å². The summed E-state index contributed by atoms with van der Waals surface area (Å²) in [7, 11) is 3.11. The molecule has 11 nitrogen and oxygen atoms in total. The molecule has 0 unspecified atom stereocenters. The molecule has 0 bridgehead atoms. The number of nitrogens with zero attached hydrogens (tertiary/aromatic N) is 2. The van der Waals surface area contributed by atoms with Gasteiger partial charge in [0.05, 0.1) is 17.3 Å². The van der Waals surface area contributed by atoms with Gasteiger partial charge >= 0.3 is 0 Å². The third-order valence-corrected chi connectivity index (χ3v) is 7.60. The molecule has 0 aliphatic heterocycles. The number of Topliss-reactive ketones (excluding diaryl/α,β-unsaturated/α-hetero) is 2. The fourth-order valence-electron chi connectivity index (χ4n) is 5.92. The Kier molecular flexibility index (Phi) is 6.87. The van der Waals surface area contributed by atoms with Crippen molar-refractivity contribution in [1.29, 1.82) is 0 Å². The van der Waals surface area contributed by atoms with Crippen molar-refractivity contribution in [3.05, 3.63) is 45.7 Å². The fraction of sp³-hybridized carbons (Fsp3) is 0.481. The number of nitrogens with two attached hydrogens (primary N) is 1. The molecule has 1 aromatic carbocycles. The molecule has 4 atom stereocenters. The van der Waals surface area contributed by atoms with E-state index in [0.717, 1.165) is 0 Å². The largest absolute Gasteiger partial charge is 0.508 e. The number of benzene rings is 1. The van der Waals surface area contributed by atoms with E-state index in [9.17, 15) is 34.8 Å². The van der Waals surface area contributed by atoms with Gasteiger partial charge < -0.3 is 31.0 Å². The predicted octanol–water partition coefficient (Wildman–Crippen LogP) is 1.36. The second-order valence-electron chi connectivity index (χ2n) is 10.8. The number of carbonyl (C=O) groups excluding carboxylic acids is 3. The van der Waals surface area contributed by atoms with Crippen LogP contribution in [0.5, 0.6) is 5.75 Å². The number of carbonyl (C=O) groups is 3. The molecule has 11 heteroatoms. The lowest BCUT2D eigenvalue weighted by Crippen LogP contribution is -2.65. The molecular formula is C27H33N3O8. The van der Waals surface area contributed by atoms with Gasteiger partial charge in [-0.25, -0.2) is 0 Å². The highest BCUT2D eigenvalue weighted by atomic mass is 16.6. The highest BCUT2D eigenvalue weighted by Gasteiger charge is 2.64. The van der Waals surface area contributed by atoms with Gasteiger partial charge in [-0.3, -0.25) is 19.3 Å². The number of amides is 1. The number of fused-ring (bicyclic) bond motifs is 3. The van der Waals surface area contributed by atoms with Gasteiger partial charge in [0.25, 0.3) is 5.91 Å². The number of hydrogen-bond acceptors (Lipinski definition) is 10. The van der Waals surface area contributed by atoms with Crippen molar-refractivity contribution >= 4 is 28.9 Å².